The summed E-state index contributed by atoms with van der Waals surface area (Å²) >= 11 is 0. The molecule has 0 spiro atoms. The van der Waals surface area contributed by atoms with Crippen LogP contribution in [-0.2, 0) is 6.54 Å². The highest BCUT2D eigenvalue weighted by Gasteiger charge is 2.21. The highest BCUT2D eigenvalue weighted by molar-refractivity contribution is 5.28. The number of alkyl halides is 2. The third kappa shape index (κ3) is 5.54. The van der Waals surface area contributed by atoms with E-state index in [9.17, 15) is 8.78 Å². The maximum Gasteiger partial charge on any atom is 0.387 e. The highest BCUT2D eigenvalue weighted by atomic mass is 19.3. The lowest BCUT2D eigenvalue weighted by molar-refractivity contribution is -0.0499. The van der Waals surface area contributed by atoms with Gasteiger partial charge in [-0.15, -0.1) is 0 Å². The number of hydrogen-bond donors (Lipinski definition) is 1. The van der Waals surface area contributed by atoms with Crippen molar-refractivity contribution in [1.29, 1.82) is 0 Å². The van der Waals surface area contributed by atoms with Gasteiger partial charge in [-0.2, -0.15) is 8.78 Å². The predicted octanol–water partition coefficient (Wildman–Crippen LogP) is 3.50. The summed E-state index contributed by atoms with van der Waals surface area (Å²) in [6.07, 6.45) is 2.28. The number of halogens is 2. The van der Waals surface area contributed by atoms with E-state index >= 15 is 0 Å². The zero-order valence-electron chi connectivity index (χ0n) is 13.4. The molecular formula is C17H26F2N2O. The first kappa shape index (κ1) is 17.2. The van der Waals surface area contributed by atoms with Crippen LogP contribution in [0.15, 0.2) is 24.3 Å². The van der Waals surface area contributed by atoms with Crippen molar-refractivity contribution in [1.82, 2.24) is 10.2 Å². The van der Waals surface area contributed by atoms with Crippen molar-refractivity contribution in [2.24, 2.45) is 5.92 Å². The number of rotatable bonds is 7. The summed E-state index contributed by atoms with van der Waals surface area (Å²) in [4.78, 5) is 2.48. The molecular weight excluding hydrogens is 286 g/mol. The van der Waals surface area contributed by atoms with Crippen LogP contribution in [0.25, 0.3) is 0 Å². The lowest BCUT2D eigenvalue weighted by Gasteiger charge is -2.36. The average molecular weight is 312 g/mol. The second kappa shape index (κ2) is 8.44. The van der Waals surface area contributed by atoms with E-state index in [4.69, 9.17) is 0 Å². The fourth-order valence-electron chi connectivity index (χ4n) is 3.04. The van der Waals surface area contributed by atoms with Gasteiger partial charge in [-0.05, 0) is 49.5 Å². The molecule has 0 radical (unpaired) electrons. The fourth-order valence-corrected chi connectivity index (χ4v) is 3.04. The zero-order valence-corrected chi connectivity index (χ0v) is 13.4. The molecule has 0 aromatic heterocycles. The minimum absolute atomic E-state index is 0.238. The predicted molar refractivity (Wildman–Crippen MR) is 84.2 cm³/mol. The van der Waals surface area contributed by atoms with Crippen molar-refractivity contribution in [2.45, 2.75) is 45.9 Å². The topological polar surface area (TPSA) is 24.5 Å². The third-order valence-corrected chi connectivity index (χ3v) is 3.93. The molecule has 3 nitrogen and oxygen atoms in total. The molecule has 0 amide bonds. The van der Waals surface area contributed by atoms with Crippen LogP contribution in [-0.4, -0.2) is 37.2 Å². The highest BCUT2D eigenvalue weighted by Crippen LogP contribution is 2.21. The molecule has 22 heavy (non-hydrogen) atoms. The molecule has 2 rings (SSSR count). The van der Waals surface area contributed by atoms with Crippen molar-refractivity contribution in [3.05, 3.63) is 29.8 Å². The van der Waals surface area contributed by atoms with Crippen LogP contribution >= 0.6 is 0 Å². The quantitative estimate of drug-likeness (QED) is 0.834. The molecule has 1 aliphatic heterocycles. The SMILES string of the molecule is CC(C)CN(Cc1cccc(OC(F)F)c1)C1CCNCC1. The summed E-state index contributed by atoms with van der Waals surface area (Å²) in [7, 11) is 0. The molecule has 0 saturated carbocycles. The molecule has 5 heteroatoms. The summed E-state index contributed by atoms with van der Waals surface area (Å²) in [5.41, 5.74) is 1.03. The standard InChI is InChI=1S/C17H26F2N2O/c1-13(2)11-21(15-6-8-20-9-7-15)12-14-4-3-5-16(10-14)22-17(18)19/h3-5,10,13,15,17,20H,6-9,11-12H2,1-2H3. The van der Waals surface area contributed by atoms with E-state index in [1.54, 1.807) is 18.2 Å². The van der Waals surface area contributed by atoms with E-state index in [1.165, 1.54) is 0 Å². The molecule has 1 aromatic rings. The molecule has 0 unspecified atom stereocenters. The van der Waals surface area contributed by atoms with Crippen molar-refractivity contribution >= 4 is 0 Å². The van der Waals surface area contributed by atoms with E-state index in [-0.39, 0.29) is 5.75 Å². The molecule has 1 aliphatic rings. The number of hydrogen-bond acceptors (Lipinski definition) is 3. The molecule has 0 bridgehead atoms. The summed E-state index contributed by atoms with van der Waals surface area (Å²) in [5, 5.41) is 3.39. The Kier molecular flexibility index (Phi) is 6.58. The lowest BCUT2D eigenvalue weighted by Crippen LogP contribution is -2.44. The molecule has 1 aromatic carbocycles. The summed E-state index contributed by atoms with van der Waals surface area (Å²) in [6, 6.07) is 7.62. The Labute approximate surface area is 131 Å². The molecule has 1 fully saturated rings. The summed E-state index contributed by atoms with van der Waals surface area (Å²) in [5.74, 6) is 0.817. The molecule has 0 aliphatic carbocycles. The monoisotopic (exact) mass is 312 g/mol. The normalized spacial score (nSPS) is 16.7. The lowest BCUT2D eigenvalue weighted by atomic mass is 10.0. The second-order valence-corrected chi connectivity index (χ2v) is 6.33. The van der Waals surface area contributed by atoms with Crippen LogP contribution in [0.2, 0.25) is 0 Å². The van der Waals surface area contributed by atoms with Gasteiger partial charge in [0.15, 0.2) is 0 Å². The Morgan fingerprint density at radius 2 is 2.00 bits per heavy atom. The van der Waals surface area contributed by atoms with Crippen molar-refractivity contribution in [3.8, 4) is 5.75 Å². The Morgan fingerprint density at radius 1 is 1.27 bits per heavy atom. The Balaban J connectivity index is 2.05. The molecule has 1 N–H and O–H groups in total. The number of nitrogens with zero attached hydrogens (tertiary/aromatic N) is 1. The number of nitrogens with one attached hydrogen (secondary N) is 1. The Hall–Kier alpha value is -1.20. The van der Waals surface area contributed by atoms with Gasteiger partial charge in [-0.3, -0.25) is 4.90 Å². The minimum atomic E-state index is -2.77. The minimum Gasteiger partial charge on any atom is -0.435 e. The number of ether oxygens (including phenoxy) is 1. The smallest absolute Gasteiger partial charge is 0.387 e. The van der Waals surface area contributed by atoms with E-state index in [0.29, 0.717) is 12.0 Å². The molecule has 1 heterocycles. The van der Waals surface area contributed by atoms with Gasteiger partial charge < -0.3 is 10.1 Å². The van der Waals surface area contributed by atoms with Crippen LogP contribution in [0.5, 0.6) is 5.75 Å². The van der Waals surface area contributed by atoms with E-state index in [1.807, 2.05) is 6.07 Å². The maximum absolute atomic E-state index is 12.3. The molecule has 124 valence electrons. The van der Waals surface area contributed by atoms with E-state index < -0.39 is 6.61 Å². The van der Waals surface area contributed by atoms with E-state index in [0.717, 1.165) is 44.6 Å². The van der Waals surface area contributed by atoms with Gasteiger partial charge in [-0.1, -0.05) is 26.0 Å². The summed E-state index contributed by atoms with van der Waals surface area (Å²) < 4.78 is 29.2. The average Bonchev–Trinajstić information content (AvgIpc) is 2.47. The van der Waals surface area contributed by atoms with Crippen molar-refractivity contribution in [3.63, 3.8) is 0 Å². The van der Waals surface area contributed by atoms with Gasteiger partial charge in [0.05, 0.1) is 0 Å². The van der Waals surface area contributed by atoms with Crippen molar-refractivity contribution < 1.29 is 13.5 Å². The summed E-state index contributed by atoms with van der Waals surface area (Å²) in [6.45, 7) is 5.55. The first-order chi connectivity index (χ1) is 10.5. The molecule has 1 saturated heterocycles. The van der Waals surface area contributed by atoms with Crippen LogP contribution < -0.4 is 10.1 Å². The van der Waals surface area contributed by atoms with Gasteiger partial charge >= 0.3 is 6.61 Å². The van der Waals surface area contributed by atoms with Crippen LogP contribution in [0.3, 0.4) is 0 Å². The fraction of sp³-hybridized carbons (Fsp3) is 0.647. The van der Waals surface area contributed by atoms with E-state index in [2.05, 4.69) is 28.8 Å². The number of benzene rings is 1. The Morgan fingerprint density at radius 3 is 2.64 bits per heavy atom. The molecule has 0 atom stereocenters. The maximum atomic E-state index is 12.3. The van der Waals surface area contributed by atoms with Gasteiger partial charge in [0, 0.05) is 19.1 Å². The zero-order chi connectivity index (χ0) is 15.9. The third-order valence-electron chi connectivity index (χ3n) is 3.93. The first-order valence-electron chi connectivity index (χ1n) is 8.03. The Bertz CT molecular complexity index is 448. The van der Waals surface area contributed by atoms with Gasteiger partial charge in [0.1, 0.15) is 5.75 Å². The largest absolute Gasteiger partial charge is 0.435 e. The second-order valence-electron chi connectivity index (χ2n) is 6.33. The first-order valence-corrected chi connectivity index (χ1v) is 8.03. The number of piperidine rings is 1. The van der Waals surface area contributed by atoms with Crippen LogP contribution in [0, 0.1) is 5.92 Å². The van der Waals surface area contributed by atoms with Gasteiger partial charge in [0.2, 0.25) is 0 Å². The van der Waals surface area contributed by atoms with Crippen molar-refractivity contribution in [2.75, 3.05) is 19.6 Å². The van der Waals surface area contributed by atoms with Gasteiger partial charge in [0.25, 0.3) is 0 Å². The van der Waals surface area contributed by atoms with Gasteiger partial charge in [-0.25, -0.2) is 0 Å². The van der Waals surface area contributed by atoms with Crippen LogP contribution in [0.4, 0.5) is 8.78 Å². The van der Waals surface area contributed by atoms with Crippen LogP contribution in [0.1, 0.15) is 32.3 Å².